The molecule has 0 bridgehead atoms. The van der Waals surface area contributed by atoms with Crippen LogP contribution in [-0.4, -0.2) is 97.6 Å². The molecular weight excluding hydrogens is 559 g/mol. The molecule has 1 aromatic carbocycles. The molecule has 4 saturated heterocycles. The predicted octanol–water partition coefficient (Wildman–Crippen LogP) is 4.74. The van der Waals surface area contributed by atoms with E-state index in [4.69, 9.17) is 16.3 Å². The average molecular weight is 604 g/mol. The highest BCUT2D eigenvalue weighted by Gasteiger charge is 2.49. The standard InChI is InChI=1S/C29H43ClN4O3.2ClH/c1-2-37-28(36)12-4-11-26-25-10-6-14-33-13-5-7-22(29(25)33)20-34(26)27(35)21-31-15-17-32(18-16-31)24-9-3-8-23(30)19-24;;/h3,8-9,19,22,25-26,29H,2,4-7,10-18,20-21H2,1H3;2*1H. The number of esters is 1. The summed E-state index contributed by atoms with van der Waals surface area (Å²) in [6, 6.07) is 8.87. The molecule has 4 unspecified atom stereocenters. The Morgan fingerprint density at radius 2 is 1.77 bits per heavy atom. The van der Waals surface area contributed by atoms with Crippen LogP contribution in [0.3, 0.4) is 0 Å². The average Bonchev–Trinajstić information content (AvgIpc) is 2.90. The number of benzene rings is 1. The number of likely N-dealkylation sites (tertiary alicyclic amines) is 1. The molecule has 39 heavy (non-hydrogen) atoms. The fraction of sp³-hybridized carbons (Fsp3) is 0.724. The fourth-order valence-corrected chi connectivity index (χ4v) is 7.64. The number of piperazine rings is 1. The van der Waals surface area contributed by atoms with Crippen LogP contribution >= 0.6 is 36.4 Å². The lowest BCUT2D eigenvalue weighted by atomic mass is 9.69. The Morgan fingerprint density at radius 3 is 2.49 bits per heavy atom. The van der Waals surface area contributed by atoms with Crippen LogP contribution in [-0.2, 0) is 14.3 Å². The maximum atomic E-state index is 13.9. The third-order valence-electron chi connectivity index (χ3n) is 9.08. The summed E-state index contributed by atoms with van der Waals surface area (Å²) in [6.07, 6.45) is 7.03. The van der Waals surface area contributed by atoms with Crippen LogP contribution in [0.2, 0.25) is 5.02 Å². The largest absolute Gasteiger partial charge is 0.466 e. The molecule has 0 aliphatic carbocycles. The molecular formula is C29H45Cl3N4O3. The summed E-state index contributed by atoms with van der Waals surface area (Å²) in [7, 11) is 0. The lowest BCUT2D eigenvalue weighted by Gasteiger charge is -2.57. The van der Waals surface area contributed by atoms with Crippen molar-refractivity contribution in [1.82, 2.24) is 14.7 Å². The van der Waals surface area contributed by atoms with E-state index < -0.39 is 0 Å². The van der Waals surface area contributed by atoms with Gasteiger partial charge >= 0.3 is 5.97 Å². The molecule has 4 fully saturated rings. The number of halogens is 3. The van der Waals surface area contributed by atoms with Crippen LogP contribution in [0.4, 0.5) is 5.69 Å². The minimum absolute atomic E-state index is 0. The summed E-state index contributed by atoms with van der Waals surface area (Å²) in [6.45, 7) is 9.63. The van der Waals surface area contributed by atoms with Crippen molar-refractivity contribution in [2.75, 3.05) is 63.9 Å². The zero-order chi connectivity index (χ0) is 25.8. The monoisotopic (exact) mass is 602 g/mol. The van der Waals surface area contributed by atoms with Gasteiger partial charge in [0.2, 0.25) is 5.91 Å². The normalized spacial score (nSPS) is 27.1. The molecule has 4 aliphatic rings. The number of nitrogens with zero attached hydrogens (tertiary/aromatic N) is 4. The van der Waals surface area contributed by atoms with Gasteiger partial charge in [-0.2, -0.15) is 0 Å². The molecule has 220 valence electrons. The summed E-state index contributed by atoms with van der Waals surface area (Å²) in [5.74, 6) is 1.27. The van der Waals surface area contributed by atoms with E-state index >= 15 is 0 Å². The van der Waals surface area contributed by atoms with Crippen LogP contribution in [0.25, 0.3) is 0 Å². The second kappa shape index (κ2) is 15.1. The van der Waals surface area contributed by atoms with Crippen molar-refractivity contribution >= 4 is 54.0 Å². The molecule has 4 heterocycles. The van der Waals surface area contributed by atoms with Gasteiger partial charge in [-0.1, -0.05) is 17.7 Å². The van der Waals surface area contributed by atoms with Gasteiger partial charge in [0.15, 0.2) is 0 Å². The summed E-state index contributed by atoms with van der Waals surface area (Å²) < 4.78 is 5.17. The Balaban J connectivity index is 0.00000210. The molecule has 0 radical (unpaired) electrons. The van der Waals surface area contributed by atoms with E-state index in [0.717, 1.165) is 56.3 Å². The first-order chi connectivity index (χ1) is 18.0. The van der Waals surface area contributed by atoms with E-state index in [9.17, 15) is 9.59 Å². The maximum Gasteiger partial charge on any atom is 0.305 e. The van der Waals surface area contributed by atoms with Gasteiger partial charge < -0.3 is 14.5 Å². The first-order valence-corrected chi connectivity index (χ1v) is 14.8. The van der Waals surface area contributed by atoms with Crippen molar-refractivity contribution in [2.24, 2.45) is 11.8 Å². The summed E-state index contributed by atoms with van der Waals surface area (Å²) >= 11 is 6.20. The molecule has 5 rings (SSSR count). The zero-order valence-corrected chi connectivity index (χ0v) is 25.5. The number of piperidine rings is 3. The van der Waals surface area contributed by atoms with Gasteiger partial charge in [-0.05, 0) is 88.6 Å². The fourth-order valence-electron chi connectivity index (χ4n) is 7.46. The van der Waals surface area contributed by atoms with Crippen molar-refractivity contribution < 1.29 is 14.3 Å². The first kappa shape index (κ1) is 32.3. The number of hydrogen-bond acceptors (Lipinski definition) is 6. The molecule has 1 amide bonds. The number of carbonyl (C=O) groups is 2. The summed E-state index contributed by atoms with van der Waals surface area (Å²) in [5, 5.41) is 0.761. The van der Waals surface area contributed by atoms with E-state index in [2.05, 4.69) is 25.7 Å². The van der Waals surface area contributed by atoms with E-state index in [0.29, 0.717) is 37.5 Å². The van der Waals surface area contributed by atoms with E-state index in [1.54, 1.807) is 0 Å². The number of hydrogen-bond donors (Lipinski definition) is 0. The molecule has 7 nitrogen and oxygen atoms in total. The highest BCUT2D eigenvalue weighted by atomic mass is 35.5. The Labute approximate surface area is 251 Å². The second-order valence-corrected chi connectivity index (χ2v) is 11.7. The lowest BCUT2D eigenvalue weighted by molar-refractivity contribution is -0.148. The van der Waals surface area contributed by atoms with Gasteiger partial charge in [-0.3, -0.25) is 19.4 Å². The van der Waals surface area contributed by atoms with Crippen molar-refractivity contribution in [3.05, 3.63) is 29.3 Å². The second-order valence-electron chi connectivity index (χ2n) is 11.3. The molecule has 4 aliphatic heterocycles. The molecule has 0 saturated carbocycles. The highest BCUT2D eigenvalue weighted by molar-refractivity contribution is 6.30. The number of amides is 1. The van der Waals surface area contributed by atoms with E-state index in [-0.39, 0.29) is 42.7 Å². The van der Waals surface area contributed by atoms with Crippen molar-refractivity contribution in [1.29, 1.82) is 0 Å². The molecule has 10 heteroatoms. The predicted molar refractivity (Wildman–Crippen MR) is 161 cm³/mol. The Morgan fingerprint density at radius 1 is 1.03 bits per heavy atom. The van der Waals surface area contributed by atoms with Crippen LogP contribution in [0.15, 0.2) is 24.3 Å². The minimum atomic E-state index is -0.116. The van der Waals surface area contributed by atoms with E-state index in [1.807, 2.05) is 25.1 Å². The number of ether oxygens (including phenoxy) is 1. The van der Waals surface area contributed by atoms with Crippen molar-refractivity contribution in [2.45, 2.75) is 64.0 Å². The Hall–Kier alpha value is -1.25. The quantitative estimate of drug-likeness (QED) is 0.400. The minimum Gasteiger partial charge on any atom is -0.466 e. The van der Waals surface area contributed by atoms with Crippen molar-refractivity contribution in [3.63, 3.8) is 0 Å². The van der Waals surface area contributed by atoms with Crippen LogP contribution in [0, 0.1) is 11.8 Å². The zero-order valence-electron chi connectivity index (χ0n) is 23.1. The van der Waals surface area contributed by atoms with Crippen molar-refractivity contribution in [3.8, 4) is 0 Å². The lowest BCUT2D eigenvalue weighted by Crippen LogP contribution is -2.66. The third kappa shape index (κ3) is 7.73. The molecule has 0 aromatic heterocycles. The van der Waals surface area contributed by atoms with Crippen LogP contribution in [0.5, 0.6) is 0 Å². The summed E-state index contributed by atoms with van der Waals surface area (Å²) in [5.41, 5.74) is 1.15. The third-order valence-corrected chi connectivity index (χ3v) is 9.32. The van der Waals surface area contributed by atoms with Gasteiger partial charge in [0.25, 0.3) is 0 Å². The van der Waals surface area contributed by atoms with Gasteiger partial charge in [0, 0.05) is 61.9 Å². The maximum absolute atomic E-state index is 13.9. The van der Waals surface area contributed by atoms with Crippen LogP contribution < -0.4 is 4.90 Å². The van der Waals surface area contributed by atoms with Gasteiger partial charge in [-0.15, -0.1) is 24.8 Å². The SMILES string of the molecule is CCOC(=O)CCCC1C2CCCN3CCCC(CN1C(=O)CN1CCN(c4cccc(Cl)c4)CC1)C23.Cl.Cl. The van der Waals surface area contributed by atoms with E-state index in [1.165, 1.54) is 38.8 Å². The van der Waals surface area contributed by atoms with Gasteiger partial charge in [0.05, 0.1) is 13.2 Å². The Bertz CT molecular complexity index is 944. The number of carbonyl (C=O) groups excluding carboxylic acids is 2. The number of anilines is 1. The smallest absolute Gasteiger partial charge is 0.305 e. The molecule has 0 spiro atoms. The van der Waals surface area contributed by atoms with Gasteiger partial charge in [0.1, 0.15) is 0 Å². The van der Waals surface area contributed by atoms with Crippen LogP contribution in [0.1, 0.15) is 51.9 Å². The molecule has 4 atom stereocenters. The molecule has 1 aromatic rings. The van der Waals surface area contributed by atoms with Gasteiger partial charge in [-0.25, -0.2) is 0 Å². The first-order valence-electron chi connectivity index (χ1n) is 14.5. The highest BCUT2D eigenvalue weighted by Crippen LogP contribution is 2.43. The summed E-state index contributed by atoms with van der Waals surface area (Å²) in [4.78, 5) is 35.5. The topological polar surface area (TPSA) is 56.3 Å². The molecule has 0 N–H and O–H groups in total. The number of rotatable bonds is 8. The Kier molecular flexibility index (Phi) is 12.5.